The van der Waals surface area contributed by atoms with Gasteiger partial charge < -0.3 is 11.5 Å². The molecular formula is C13H11N5. The van der Waals surface area contributed by atoms with E-state index in [9.17, 15) is 0 Å². The molecule has 4 N–H and O–H groups in total. The molecular weight excluding hydrogens is 226 g/mol. The van der Waals surface area contributed by atoms with Crippen molar-refractivity contribution >= 4 is 22.5 Å². The number of anilines is 2. The standard InChI is InChI=1S/C13H11N5/c14-12-11(13(15)18-7-17-12)9-3-1-5-10-8(9)4-2-6-16-10/h1-7H,(H4,14,15,17,18). The Labute approximate surface area is 104 Å². The lowest BCUT2D eigenvalue weighted by Crippen LogP contribution is -2.01. The first-order valence-electron chi connectivity index (χ1n) is 5.47. The van der Waals surface area contributed by atoms with Gasteiger partial charge in [-0.1, -0.05) is 18.2 Å². The highest BCUT2D eigenvalue weighted by atomic mass is 15.0. The Morgan fingerprint density at radius 1 is 0.833 bits per heavy atom. The van der Waals surface area contributed by atoms with Crippen LogP contribution in [0.2, 0.25) is 0 Å². The third-order valence-corrected chi connectivity index (χ3v) is 2.82. The summed E-state index contributed by atoms with van der Waals surface area (Å²) in [4.78, 5) is 12.3. The molecule has 0 saturated carbocycles. The first-order chi connectivity index (χ1) is 8.77. The molecule has 0 aliphatic heterocycles. The van der Waals surface area contributed by atoms with Crippen LogP contribution >= 0.6 is 0 Å². The van der Waals surface area contributed by atoms with E-state index in [1.54, 1.807) is 6.20 Å². The number of aromatic nitrogens is 3. The summed E-state index contributed by atoms with van der Waals surface area (Å²) in [6, 6.07) is 9.65. The smallest absolute Gasteiger partial charge is 0.136 e. The van der Waals surface area contributed by atoms with Crippen LogP contribution in [0, 0.1) is 0 Å². The number of benzene rings is 1. The fraction of sp³-hybridized carbons (Fsp3) is 0. The summed E-state index contributed by atoms with van der Waals surface area (Å²) in [6.45, 7) is 0. The number of hydrogen-bond donors (Lipinski definition) is 2. The molecule has 88 valence electrons. The third kappa shape index (κ3) is 1.53. The van der Waals surface area contributed by atoms with Gasteiger partial charge in [-0.2, -0.15) is 0 Å². The number of rotatable bonds is 1. The van der Waals surface area contributed by atoms with Gasteiger partial charge in [-0.15, -0.1) is 0 Å². The fourth-order valence-electron chi connectivity index (χ4n) is 2.01. The van der Waals surface area contributed by atoms with E-state index in [1.807, 2.05) is 30.3 Å². The maximum Gasteiger partial charge on any atom is 0.136 e. The molecule has 3 aromatic rings. The summed E-state index contributed by atoms with van der Waals surface area (Å²) < 4.78 is 0. The molecule has 0 aliphatic rings. The van der Waals surface area contributed by atoms with Gasteiger partial charge in [0.15, 0.2) is 0 Å². The molecule has 2 aromatic heterocycles. The third-order valence-electron chi connectivity index (χ3n) is 2.82. The number of nitrogen functional groups attached to an aromatic ring is 2. The van der Waals surface area contributed by atoms with Gasteiger partial charge in [0, 0.05) is 11.6 Å². The van der Waals surface area contributed by atoms with Crippen molar-refractivity contribution in [1.29, 1.82) is 0 Å². The number of nitrogens with two attached hydrogens (primary N) is 2. The Hall–Kier alpha value is -2.69. The van der Waals surface area contributed by atoms with Gasteiger partial charge in [-0.05, 0) is 17.7 Å². The average Bonchev–Trinajstić information content (AvgIpc) is 2.39. The number of hydrogen-bond acceptors (Lipinski definition) is 5. The molecule has 0 amide bonds. The van der Waals surface area contributed by atoms with E-state index in [4.69, 9.17) is 11.5 Å². The minimum atomic E-state index is 0.374. The summed E-state index contributed by atoms with van der Waals surface area (Å²) in [6.07, 6.45) is 3.11. The second-order valence-electron chi connectivity index (χ2n) is 3.89. The zero-order valence-corrected chi connectivity index (χ0v) is 9.54. The minimum Gasteiger partial charge on any atom is -0.383 e. The molecule has 3 rings (SSSR count). The largest absolute Gasteiger partial charge is 0.383 e. The van der Waals surface area contributed by atoms with Crippen LogP contribution in [0.25, 0.3) is 22.0 Å². The lowest BCUT2D eigenvalue weighted by Gasteiger charge is -2.09. The van der Waals surface area contributed by atoms with E-state index in [2.05, 4.69) is 15.0 Å². The molecule has 2 heterocycles. The highest BCUT2D eigenvalue weighted by Gasteiger charge is 2.12. The van der Waals surface area contributed by atoms with E-state index in [0.29, 0.717) is 17.2 Å². The molecule has 1 aromatic carbocycles. The fourth-order valence-corrected chi connectivity index (χ4v) is 2.01. The van der Waals surface area contributed by atoms with Crippen LogP contribution < -0.4 is 11.5 Å². The van der Waals surface area contributed by atoms with Gasteiger partial charge in [0.1, 0.15) is 18.0 Å². The van der Waals surface area contributed by atoms with Crippen LogP contribution in [-0.4, -0.2) is 15.0 Å². The van der Waals surface area contributed by atoms with Crippen molar-refractivity contribution in [2.45, 2.75) is 0 Å². The minimum absolute atomic E-state index is 0.374. The van der Waals surface area contributed by atoms with Gasteiger partial charge in [0.05, 0.1) is 11.1 Å². The van der Waals surface area contributed by atoms with Crippen molar-refractivity contribution in [3.05, 3.63) is 42.9 Å². The monoisotopic (exact) mass is 237 g/mol. The zero-order chi connectivity index (χ0) is 12.5. The van der Waals surface area contributed by atoms with Gasteiger partial charge in [-0.25, -0.2) is 9.97 Å². The lowest BCUT2D eigenvalue weighted by atomic mass is 10.0. The zero-order valence-electron chi connectivity index (χ0n) is 9.54. The quantitative estimate of drug-likeness (QED) is 0.674. The van der Waals surface area contributed by atoms with E-state index in [1.165, 1.54) is 6.33 Å². The van der Waals surface area contributed by atoms with E-state index >= 15 is 0 Å². The molecule has 5 nitrogen and oxygen atoms in total. The van der Waals surface area contributed by atoms with Gasteiger partial charge in [0.2, 0.25) is 0 Å². The molecule has 0 saturated heterocycles. The van der Waals surface area contributed by atoms with Crippen LogP contribution in [0.1, 0.15) is 0 Å². The number of nitrogens with zero attached hydrogens (tertiary/aromatic N) is 3. The second kappa shape index (κ2) is 3.96. The van der Waals surface area contributed by atoms with Crippen LogP contribution in [0.3, 0.4) is 0 Å². The summed E-state index contributed by atoms with van der Waals surface area (Å²) in [5, 5.41) is 0.980. The van der Waals surface area contributed by atoms with Gasteiger partial charge >= 0.3 is 0 Å². The molecule has 0 atom stereocenters. The van der Waals surface area contributed by atoms with Gasteiger partial charge in [-0.3, -0.25) is 4.98 Å². The molecule has 0 bridgehead atoms. The Kier molecular flexibility index (Phi) is 2.30. The molecule has 0 radical (unpaired) electrons. The molecule has 0 aliphatic carbocycles. The van der Waals surface area contributed by atoms with E-state index in [0.717, 1.165) is 16.5 Å². The highest BCUT2D eigenvalue weighted by Crippen LogP contribution is 2.33. The van der Waals surface area contributed by atoms with Crippen LogP contribution in [0.15, 0.2) is 42.9 Å². The van der Waals surface area contributed by atoms with Crippen LogP contribution in [0.5, 0.6) is 0 Å². The summed E-state index contributed by atoms with van der Waals surface area (Å²) in [7, 11) is 0. The van der Waals surface area contributed by atoms with Crippen LogP contribution in [-0.2, 0) is 0 Å². The SMILES string of the molecule is Nc1ncnc(N)c1-c1cccc2ncccc12. The Morgan fingerprint density at radius 3 is 2.39 bits per heavy atom. The summed E-state index contributed by atoms with van der Waals surface area (Å²) in [5.74, 6) is 0.748. The molecule has 5 heteroatoms. The molecule has 0 spiro atoms. The predicted molar refractivity (Wildman–Crippen MR) is 71.6 cm³/mol. The first-order valence-corrected chi connectivity index (χ1v) is 5.47. The van der Waals surface area contributed by atoms with Crippen LogP contribution in [0.4, 0.5) is 11.6 Å². The molecule has 0 unspecified atom stereocenters. The first kappa shape index (κ1) is 10.5. The molecule has 18 heavy (non-hydrogen) atoms. The maximum absolute atomic E-state index is 5.89. The number of fused-ring (bicyclic) bond motifs is 1. The lowest BCUT2D eigenvalue weighted by molar-refractivity contribution is 1.19. The summed E-state index contributed by atoms with van der Waals surface area (Å²) >= 11 is 0. The highest BCUT2D eigenvalue weighted by molar-refractivity contribution is 5.99. The number of pyridine rings is 1. The van der Waals surface area contributed by atoms with Crippen molar-refractivity contribution in [2.75, 3.05) is 11.5 Å². The van der Waals surface area contributed by atoms with Crippen molar-refractivity contribution in [3.8, 4) is 11.1 Å². The Balaban J connectivity index is 2.39. The van der Waals surface area contributed by atoms with Crippen molar-refractivity contribution in [3.63, 3.8) is 0 Å². The van der Waals surface area contributed by atoms with Crippen molar-refractivity contribution in [2.24, 2.45) is 0 Å². The van der Waals surface area contributed by atoms with Crippen molar-refractivity contribution in [1.82, 2.24) is 15.0 Å². The average molecular weight is 237 g/mol. The van der Waals surface area contributed by atoms with E-state index < -0.39 is 0 Å². The van der Waals surface area contributed by atoms with Crippen molar-refractivity contribution < 1.29 is 0 Å². The normalized spacial score (nSPS) is 10.7. The Morgan fingerprint density at radius 2 is 1.61 bits per heavy atom. The Bertz CT molecular complexity index is 698. The second-order valence-corrected chi connectivity index (χ2v) is 3.89. The maximum atomic E-state index is 5.89. The topological polar surface area (TPSA) is 90.7 Å². The summed E-state index contributed by atoms with van der Waals surface area (Å²) in [5.41, 5.74) is 14.2. The van der Waals surface area contributed by atoms with Gasteiger partial charge in [0.25, 0.3) is 0 Å². The predicted octanol–water partition coefficient (Wildman–Crippen LogP) is 1.86. The molecule has 0 fully saturated rings. The van der Waals surface area contributed by atoms with E-state index in [-0.39, 0.29) is 0 Å².